The number of rotatable bonds is 5. The Balaban J connectivity index is 2.24. The van der Waals surface area contributed by atoms with Crippen molar-refractivity contribution in [1.82, 2.24) is 19.1 Å². The van der Waals surface area contributed by atoms with Crippen molar-refractivity contribution < 1.29 is 0 Å². The van der Waals surface area contributed by atoms with Crippen molar-refractivity contribution in [3.05, 3.63) is 20.8 Å². The molecule has 2 rings (SSSR count). The number of terminal acetylenes is 1. The van der Waals surface area contributed by atoms with Crippen molar-refractivity contribution in [3.63, 3.8) is 0 Å². The van der Waals surface area contributed by atoms with Crippen LogP contribution in [0, 0.1) is 12.3 Å². The summed E-state index contributed by atoms with van der Waals surface area (Å²) >= 11 is 1.63. The van der Waals surface area contributed by atoms with Gasteiger partial charge in [-0.15, -0.1) is 18.2 Å². The zero-order valence-corrected chi connectivity index (χ0v) is 12.1. The molecule has 0 radical (unpaired) electrons. The van der Waals surface area contributed by atoms with Crippen LogP contribution in [0.4, 0.5) is 5.95 Å². The number of nitrogens with zero attached hydrogens (tertiary/aromatic N) is 3. The Kier molecular flexibility index (Phi) is 4.20. The van der Waals surface area contributed by atoms with Crippen molar-refractivity contribution in [3.8, 4) is 12.3 Å². The Hall–Kier alpha value is -2.14. The molecule has 2 heterocycles. The molecule has 2 aromatic rings. The number of hydrogen-bond donors (Lipinski definition) is 2. The first-order valence-corrected chi connectivity index (χ1v) is 7.12. The van der Waals surface area contributed by atoms with E-state index in [-0.39, 0.29) is 5.56 Å². The molecule has 0 amide bonds. The van der Waals surface area contributed by atoms with Gasteiger partial charge in [-0.25, -0.2) is 4.79 Å². The molecule has 8 heteroatoms. The molecule has 7 nitrogen and oxygen atoms in total. The summed E-state index contributed by atoms with van der Waals surface area (Å²) in [4.78, 5) is 30.9. The van der Waals surface area contributed by atoms with Crippen molar-refractivity contribution in [2.24, 2.45) is 14.1 Å². The third-order valence-electron chi connectivity index (χ3n) is 2.82. The minimum atomic E-state index is -0.398. The number of imidazole rings is 1. The van der Waals surface area contributed by atoms with E-state index in [4.69, 9.17) is 6.42 Å². The average Bonchev–Trinajstić information content (AvgIpc) is 2.87. The third-order valence-corrected chi connectivity index (χ3v) is 3.68. The summed E-state index contributed by atoms with van der Waals surface area (Å²) in [6, 6.07) is 0. The van der Waals surface area contributed by atoms with Crippen LogP contribution in [0.15, 0.2) is 9.59 Å². The van der Waals surface area contributed by atoms with E-state index in [2.05, 4.69) is 21.2 Å². The lowest BCUT2D eigenvalue weighted by Gasteiger charge is -2.00. The lowest BCUT2D eigenvalue weighted by atomic mass is 10.5. The molecular formula is C12H15N5O2S. The molecular weight excluding hydrogens is 278 g/mol. The first-order valence-electron chi connectivity index (χ1n) is 5.97. The second-order valence-corrected chi connectivity index (χ2v) is 5.28. The molecule has 0 saturated heterocycles. The minimum absolute atomic E-state index is 0.313. The highest BCUT2D eigenvalue weighted by atomic mass is 32.2. The van der Waals surface area contributed by atoms with Crippen LogP contribution in [0.2, 0.25) is 0 Å². The number of hydrogen-bond acceptors (Lipinski definition) is 5. The SMILES string of the molecule is C#CCSCCNc1nc2c([nH]1)c(=O)n(C)c(=O)n2C. The van der Waals surface area contributed by atoms with E-state index in [1.54, 1.807) is 18.8 Å². The van der Waals surface area contributed by atoms with E-state index < -0.39 is 5.69 Å². The molecule has 0 aromatic carbocycles. The fourth-order valence-corrected chi connectivity index (χ4v) is 2.29. The highest BCUT2D eigenvalue weighted by Crippen LogP contribution is 2.08. The van der Waals surface area contributed by atoms with Crippen LogP contribution in [-0.2, 0) is 14.1 Å². The van der Waals surface area contributed by atoms with Crippen LogP contribution < -0.4 is 16.6 Å². The van der Waals surface area contributed by atoms with Crippen LogP contribution in [0.5, 0.6) is 0 Å². The number of H-pyrrole nitrogens is 1. The van der Waals surface area contributed by atoms with Gasteiger partial charge in [0.1, 0.15) is 0 Å². The fourth-order valence-electron chi connectivity index (χ4n) is 1.78. The summed E-state index contributed by atoms with van der Waals surface area (Å²) in [7, 11) is 3.02. The number of aryl methyl sites for hydroxylation is 1. The first kappa shape index (κ1) is 14.3. The van der Waals surface area contributed by atoms with Gasteiger partial charge in [-0.3, -0.25) is 13.9 Å². The van der Waals surface area contributed by atoms with Crippen molar-refractivity contribution in [2.75, 3.05) is 23.4 Å². The normalized spacial score (nSPS) is 10.7. The van der Waals surface area contributed by atoms with Crippen LogP contribution in [0.3, 0.4) is 0 Å². The lowest BCUT2D eigenvalue weighted by molar-refractivity contribution is 0.709. The van der Waals surface area contributed by atoms with E-state index in [1.807, 2.05) is 0 Å². The van der Waals surface area contributed by atoms with Gasteiger partial charge in [0.05, 0.1) is 5.75 Å². The second kappa shape index (κ2) is 5.88. The summed E-state index contributed by atoms with van der Waals surface area (Å²) in [6.07, 6.45) is 5.16. The maximum Gasteiger partial charge on any atom is 0.332 e. The maximum atomic E-state index is 12.0. The zero-order valence-electron chi connectivity index (χ0n) is 11.3. The van der Waals surface area contributed by atoms with Crippen molar-refractivity contribution in [1.29, 1.82) is 0 Å². The van der Waals surface area contributed by atoms with Crippen LogP contribution in [0.1, 0.15) is 0 Å². The molecule has 0 aliphatic rings. The summed E-state index contributed by atoms with van der Waals surface area (Å²) in [5, 5.41) is 3.07. The summed E-state index contributed by atoms with van der Waals surface area (Å²) < 4.78 is 2.39. The monoisotopic (exact) mass is 293 g/mol. The Labute approximate surface area is 119 Å². The highest BCUT2D eigenvalue weighted by Gasteiger charge is 2.12. The Morgan fingerprint density at radius 3 is 2.85 bits per heavy atom. The Morgan fingerprint density at radius 1 is 1.40 bits per heavy atom. The molecule has 0 spiro atoms. The number of anilines is 1. The van der Waals surface area contributed by atoms with E-state index in [9.17, 15) is 9.59 Å². The van der Waals surface area contributed by atoms with E-state index in [0.29, 0.717) is 29.4 Å². The quantitative estimate of drug-likeness (QED) is 0.586. The second-order valence-electron chi connectivity index (χ2n) is 4.17. The average molecular weight is 293 g/mol. The number of aromatic amines is 1. The van der Waals surface area contributed by atoms with E-state index >= 15 is 0 Å². The number of thioether (sulfide) groups is 1. The van der Waals surface area contributed by atoms with Gasteiger partial charge >= 0.3 is 5.69 Å². The van der Waals surface area contributed by atoms with Gasteiger partial charge < -0.3 is 10.3 Å². The van der Waals surface area contributed by atoms with Crippen LogP contribution >= 0.6 is 11.8 Å². The number of nitrogens with one attached hydrogen (secondary N) is 2. The molecule has 0 saturated carbocycles. The van der Waals surface area contributed by atoms with Gasteiger partial charge in [0.25, 0.3) is 5.56 Å². The summed E-state index contributed by atoms with van der Waals surface area (Å²) in [5.41, 5.74) is -0.124. The highest BCUT2D eigenvalue weighted by molar-refractivity contribution is 7.99. The van der Waals surface area contributed by atoms with Gasteiger partial charge in [-0.05, 0) is 0 Å². The summed E-state index contributed by atoms with van der Waals surface area (Å²) in [6.45, 7) is 0.667. The maximum absolute atomic E-state index is 12.0. The Bertz CT molecular complexity index is 780. The third kappa shape index (κ3) is 2.58. The molecule has 0 atom stereocenters. The van der Waals surface area contributed by atoms with Crippen molar-refractivity contribution >= 4 is 28.9 Å². The van der Waals surface area contributed by atoms with Gasteiger partial charge in [-0.1, -0.05) is 5.92 Å². The zero-order chi connectivity index (χ0) is 14.7. The molecule has 0 fully saturated rings. The molecule has 0 unspecified atom stereocenters. The van der Waals surface area contributed by atoms with Gasteiger partial charge in [0.2, 0.25) is 5.95 Å². The Morgan fingerprint density at radius 2 is 2.15 bits per heavy atom. The topological polar surface area (TPSA) is 84.7 Å². The standard InChI is InChI=1S/C12H15N5O2S/c1-4-6-20-7-5-13-11-14-8-9(15-11)16(2)12(19)17(3)10(8)18/h1H,5-7H2,2-3H3,(H2,13,14,15). The van der Waals surface area contributed by atoms with E-state index in [1.165, 1.54) is 11.6 Å². The molecule has 0 bridgehead atoms. The fraction of sp³-hybridized carbons (Fsp3) is 0.417. The van der Waals surface area contributed by atoms with Crippen LogP contribution in [-0.4, -0.2) is 37.2 Å². The summed E-state index contributed by atoms with van der Waals surface area (Å²) in [5.74, 6) is 4.51. The predicted molar refractivity (Wildman–Crippen MR) is 81.2 cm³/mol. The minimum Gasteiger partial charge on any atom is -0.355 e. The number of fused-ring (bicyclic) bond motifs is 1. The van der Waals surface area contributed by atoms with Gasteiger partial charge in [0, 0.05) is 26.4 Å². The first-order chi connectivity index (χ1) is 9.56. The molecule has 20 heavy (non-hydrogen) atoms. The lowest BCUT2D eigenvalue weighted by Crippen LogP contribution is -2.36. The molecule has 0 aliphatic carbocycles. The van der Waals surface area contributed by atoms with Gasteiger partial charge in [-0.2, -0.15) is 4.98 Å². The number of aromatic nitrogens is 4. The molecule has 2 N–H and O–H groups in total. The molecule has 2 aromatic heterocycles. The van der Waals surface area contributed by atoms with E-state index in [0.717, 1.165) is 10.3 Å². The largest absolute Gasteiger partial charge is 0.355 e. The molecule has 106 valence electrons. The van der Waals surface area contributed by atoms with Gasteiger partial charge in [0.15, 0.2) is 11.2 Å². The van der Waals surface area contributed by atoms with Crippen molar-refractivity contribution in [2.45, 2.75) is 0 Å². The smallest absolute Gasteiger partial charge is 0.332 e. The predicted octanol–water partition coefficient (Wildman–Crippen LogP) is -0.261. The molecule has 0 aliphatic heterocycles. The van der Waals surface area contributed by atoms with Crippen LogP contribution in [0.25, 0.3) is 11.2 Å².